The SMILES string of the molecule is CC[C@]1(O)C[C@H]2CN(CCC3=C(Cc4ccccc43)[C@@](C(=O)OC)(c3cc4c(cc3OC)N(C)[C@H]3[C@@](O)(C(=O)NCC(=O)OCCSSC[C@H](NC(=O)[C@@H](CC(=O)[C@H](CC(=O)O)NC(=O)CC[C@H](CC(=O)CC[C@H](NC(=O)NCCCC(=O)O)C(=O)O)C(=O)O)Cc5ccccc5)C(=O)O)[C@H](O)[C@]5(CC)CCCN6CC[C@]43[C@@H]65)C2)C1.O=C=O. The number of hydrogen-bond donors (Lipinski definition) is 13. The molecule has 13 N–H and O–H groups in total. The summed E-state index contributed by atoms with van der Waals surface area (Å²) in [7, 11) is 6.80. The predicted molar refractivity (Wildman–Crippen MR) is 424 cm³/mol. The minimum atomic E-state index is -2.58. The Bertz CT molecular complexity index is 4340. The molecule has 3 saturated heterocycles. The number of carboxylic acid groups (broad SMARTS) is 5. The van der Waals surface area contributed by atoms with Crippen LogP contribution in [0.2, 0.25) is 0 Å². The highest BCUT2D eigenvalue weighted by molar-refractivity contribution is 8.76. The normalized spacial score (nSPS) is 25.7. The van der Waals surface area contributed by atoms with E-state index in [2.05, 4.69) is 54.6 Å². The van der Waals surface area contributed by atoms with Crippen LogP contribution >= 0.6 is 21.6 Å². The third-order valence-electron chi connectivity index (χ3n) is 24.7. The highest BCUT2D eigenvalue weighted by Crippen LogP contribution is 2.69. The van der Waals surface area contributed by atoms with Crippen LogP contribution in [-0.4, -0.2) is 267 Å². The van der Waals surface area contributed by atoms with Crippen molar-refractivity contribution in [3.63, 3.8) is 0 Å². The van der Waals surface area contributed by atoms with Gasteiger partial charge < -0.3 is 86.5 Å². The average molecular weight is 1680 g/mol. The Morgan fingerprint density at radius 1 is 0.712 bits per heavy atom. The minimum Gasteiger partial charge on any atom is -0.496 e. The fourth-order valence-electron chi connectivity index (χ4n) is 19.5. The Kier molecular flexibility index (Phi) is 31.4. The van der Waals surface area contributed by atoms with Gasteiger partial charge in [0.2, 0.25) is 11.8 Å². The Balaban J connectivity index is 0.00000521. The number of aliphatic hydroxyl groups excluding tert-OH is 1. The number of hydrogen-bond acceptors (Lipinski definition) is 26. The Morgan fingerprint density at radius 2 is 1.42 bits per heavy atom. The van der Waals surface area contributed by atoms with Crippen LogP contribution in [0.5, 0.6) is 5.75 Å². The fourth-order valence-corrected chi connectivity index (χ4v) is 21.5. The first-order valence-electron chi connectivity index (χ1n) is 39.6. The lowest BCUT2D eigenvalue weighted by molar-refractivity contribution is -0.221. The Morgan fingerprint density at radius 3 is 2.08 bits per heavy atom. The summed E-state index contributed by atoms with van der Waals surface area (Å²) >= 11 is 0. The van der Waals surface area contributed by atoms with Crippen LogP contribution < -0.4 is 36.2 Å². The number of anilines is 1. The minimum absolute atomic E-state index is 0.0560. The number of urea groups is 1. The number of nitrogens with zero attached hydrogens (tertiary/aromatic N) is 3. The molecule has 15 atom stereocenters. The van der Waals surface area contributed by atoms with E-state index in [1.165, 1.54) is 7.11 Å². The first-order chi connectivity index (χ1) is 56.1. The molecule has 3 aromatic carbocycles. The number of rotatable bonds is 40. The number of aliphatic hydroxyl groups is 3. The van der Waals surface area contributed by atoms with Crippen LogP contribution in [0.3, 0.4) is 0 Å². The van der Waals surface area contributed by atoms with Crippen LogP contribution in [0.1, 0.15) is 151 Å². The number of Topliss-reactive ketones (excluding diaryl/α,β-unsaturated/α-hetero) is 2. The van der Waals surface area contributed by atoms with E-state index in [1.807, 2.05) is 36.9 Å². The van der Waals surface area contributed by atoms with Crippen molar-refractivity contribution in [3.8, 4) is 5.75 Å². The van der Waals surface area contributed by atoms with Gasteiger partial charge in [-0.1, -0.05) is 90.0 Å². The molecule has 10 rings (SSSR count). The molecule has 118 heavy (non-hydrogen) atoms. The van der Waals surface area contributed by atoms with Crippen molar-refractivity contribution in [2.24, 2.45) is 23.2 Å². The van der Waals surface area contributed by atoms with E-state index >= 15 is 9.59 Å². The van der Waals surface area contributed by atoms with Gasteiger partial charge in [0.05, 0.1) is 44.2 Å². The van der Waals surface area contributed by atoms with Crippen LogP contribution in [0.4, 0.5) is 10.5 Å². The number of aliphatic carboxylic acids is 5. The second-order valence-corrected chi connectivity index (χ2v) is 34.3. The van der Waals surface area contributed by atoms with Gasteiger partial charge in [-0.3, -0.25) is 57.7 Å². The van der Waals surface area contributed by atoms with E-state index in [4.69, 9.17) is 28.9 Å². The molecule has 2 bridgehead atoms. The molecule has 1 unspecified atom stereocenters. The van der Waals surface area contributed by atoms with Gasteiger partial charge in [-0.05, 0) is 142 Å². The number of ether oxygens (including phenoxy) is 3. The lowest BCUT2D eigenvalue weighted by Gasteiger charge is -2.64. The molecular weight excluding hydrogens is 1580 g/mol. The van der Waals surface area contributed by atoms with E-state index in [1.54, 1.807) is 44.5 Å². The van der Waals surface area contributed by atoms with E-state index in [0.717, 1.165) is 49.4 Å². The zero-order valence-electron chi connectivity index (χ0n) is 66.6. The van der Waals surface area contributed by atoms with E-state index in [0.29, 0.717) is 107 Å². The summed E-state index contributed by atoms with van der Waals surface area (Å²) in [5.41, 5.74) is -0.593. The molecule has 4 fully saturated rings. The maximum absolute atomic E-state index is 15.7. The smallest absolute Gasteiger partial charge is 0.373 e. The van der Waals surface area contributed by atoms with E-state index < -0.39 is 204 Å². The predicted octanol–water partition coefficient (Wildman–Crippen LogP) is 3.44. The fraction of sp³-hybridized carbons (Fsp3) is 0.585. The van der Waals surface area contributed by atoms with Crippen LogP contribution in [-0.2, 0) is 100 Å². The standard InChI is InChI=1S/C81H106N8O24S2.CO2/c1-6-77(109)40-47-41-80(75(107)112-5,54-35-48-17-11-12-18-52(48)53(54)24-29-88(43-47)45-77)56-37-55-60(39-62(56)111-4)87(3)72-79(55)26-30-89-28-14-25-78(7-2,71(79)89)73(105)81(72,110)74(106)83-42-66(97)113-31-32-114-115-44-59(70(103)104)85-67(98)50(33-46-15-9-8-10-16-46)36-61(91)58(38-65(95)96)84-63(92)23-20-49(68(99)100)34-51(90)21-22-57(69(101)102)86-76(108)82-27-13-19-64(93)94;2-1-3/h8-12,15-18,37,39,47,49-50,57-59,71-73,105,109-110H,6-7,13-14,19-36,38,40-45H2,1-5H3,(H,83,106)(H,84,92)(H,85,98)(H,93,94)(H,95,96)(H,99,100)(H,101,102)(H,103,104)(H2,82,86,108);/t47-,49-,50-,57+,58+,59+,71+,72-,73-,77+,78-,79-,80-,81+;/m1./s1. The summed E-state index contributed by atoms with van der Waals surface area (Å²) in [5.74, 6) is -15.9. The van der Waals surface area contributed by atoms with Crippen molar-refractivity contribution in [1.29, 1.82) is 0 Å². The quantitative estimate of drug-likeness (QED) is 0.0220. The molecule has 5 heterocycles. The molecule has 34 nitrogen and oxygen atoms in total. The molecule has 36 heteroatoms. The molecule has 7 aliphatic rings. The van der Waals surface area contributed by atoms with E-state index in [-0.39, 0.29) is 62.4 Å². The summed E-state index contributed by atoms with van der Waals surface area (Å²) in [6.45, 7) is 5.94. The van der Waals surface area contributed by atoms with E-state index in [9.17, 15) is 88.5 Å². The molecule has 2 aliphatic carbocycles. The highest BCUT2D eigenvalue weighted by atomic mass is 33.1. The monoisotopic (exact) mass is 1680 g/mol. The maximum Gasteiger partial charge on any atom is 0.373 e. The lowest BCUT2D eigenvalue weighted by Crippen LogP contribution is -2.82. The number of ketones is 2. The molecule has 642 valence electrons. The van der Waals surface area contributed by atoms with Gasteiger partial charge in [0, 0.05) is 117 Å². The van der Waals surface area contributed by atoms with Gasteiger partial charge in [0.1, 0.15) is 48.3 Å². The second kappa shape index (κ2) is 40.3. The molecule has 5 aliphatic heterocycles. The number of methoxy groups -OCH3 is 2. The number of likely N-dealkylation sites (N-methyl/N-ethyl adjacent to an activating group) is 1. The average Bonchev–Trinajstić information content (AvgIpc) is 1.47. The number of carboxylic acids is 5. The van der Waals surface area contributed by atoms with Gasteiger partial charge >= 0.3 is 54.0 Å². The third kappa shape index (κ3) is 20.2. The topological polar surface area (TPSA) is 515 Å². The number of carbonyl (C=O) groups excluding carboxylic acids is 10. The van der Waals surface area contributed by atoms with Crippen molar-refractivity contribution in [2.75, 3.05) is 90.1 Å². The zero-order valence-corrected chi connectivity index (χ0v) is 68.3. The van der Waals surface area contributed by atoms with Gasteiger partial charge in [-0.25, -0.2) is 14.4 Å². The summed E-state index contributed by atoms with van der Waals surface area (Å²) in [6, 6.07) is 13.0. The van der Waals surface area contributed by atoms with Crippen molar-refractivity contribution in [2.45, 2.75) is 194 Å². The summed E-state index contributed by atoms with van der Waals surface area (Å²) in [5, 5.41) is 99.4. The van der Waals surface area contributed by atoms with Crippen molar-refractivity contribution in [3.05, 3.63) is 100 Å². The van der Waals surface area contributed by atoms with Gasteiger partial charge in [0.25, 0.3) is 5.91 Å². The summed E-state index contributed by atoms with van der Waals surface area (Å²) in [6.07, 6.45) is -1.98. The number of nitrogens with one attached hydrogen (secondary N) is 5. The number of amides is 5. The highest BCUT2D eigenvalue weighted by Gasteiger charge is 2.79. The number of benzene rings is 3. The first-order valence-corrected chi connectivity index (χ1v) is 42.1. The van der Waals surface area contributed by atoms with Crippen LogP contribution in [0.25, 0.3) is 5.57 Å². The number of fused-ring (bicyclic) bond motifs is 5. The number of esters is 2. The molecule has 1 spiro atoms. The molecule has 0 aromatic heterocycles. The molecule has 5 amide bonds. The van der Waals surface area contributed by atoms with Crippen LogP contribution in [0.15, 0.2) is 72.3 Å². The molecule has 1 saturated carbocycles. The number of carbonyl (C=O) groups is 13. The molecule has 3 aromatic rings. The van der Waals surface area contributed by atoms with Crippen molar-refractivity contribution in [1.82, 2.24) is 36.4 Å². The molecule has 0 radical (unpaired) electrons. The Labute approximate surface area is 689 Å². The third-order valence-corrected chi connectivity index (χ3v) is 27.1. The van der Waals surface area contributed by atoms with Gasteiger partial charge in [0.15, 0.2) is 11.4 Å². The van der Waals surface area contributed by atoms with Gasteiger partial charge in [-0.2, -0.15) is 9.59 Å². The zero-order chi connectivity index (χ0) is 86.2. The summed E-state index contributed by atoms with van der Waals surface area (Å²) < 4.78 is 18.0. The van der Waals surface area contributed by atoms with Gasteiger partial charge in [-0.15, -0.1) is 0 Å². The van der Waals surface area contributed by atoms with Crippen molar-refractivity contribution < 1.29 is 127 Å². The van der Waals surface area contributed by atoms with Crippen LogP contribution in [0, 0.1) is 23.2 Å². The summed E-state index contributed by atoms with van der Waals surface area (Å²) in [4.78, 5) is 194. The Hall–Kier alpha value is -9.81. The first kappa shape index (κ1) is 92.1. The number of piperidine rings is 2. The largest absolute Gasteiger partial charge is 0.496 e. The second-order valence-electron chi connectivity index (χ2n) is 31.7. The maximum atomic E-state index is 15.7. The van der Waals surface area contributed by atoms with Crippen molar-refractivity contribution >= 4 is 116 Å². The lowest BCUT2D eigenvalue weighted by atomic mass is 9.46. The molecular formula is C82H106N8O26S2.